The number of carbonyl (C=O) groups is 2. The van der Waals surface area contributed by atoms with Gasteiger partial charge in [0, 0.05) is 18.7 Å². The molecule has 160 valence electrons. The van der Waals surface area contributed by atoms with E-state index in [9.17, 15) is 9.59 Å². The molecule has 0 bridgehead atoms. The Balaban J connectivity index is 2.27. The zero-order valence-electron chi connectivity index (χ0n) is 17.5. The summed E-state index contributed by atoms with van der Waals surface area (Å²) in [7, 11) is 2.86. The van der Waals surface area contributed by atoms with E-state index in [0.29, 0.717) is 11.1 Å². The number of carbonyl (C=O) groups excluding carboxylic acids is 2. The summed E-state index contributed by atoms with van der Waals surface area (Å²) in [6.45, 7) is 5.32. The maximum Gasteiger partial charge on any atom is 0.359 e. The molecule has 0 spiro atoms. The molecule has 0 unspecified atom stereocenters. The van der Waals surface area contributed by atoms with Crippen LogP contribution < -0.4 is 10.1 Å². The summed E-state index contributed by atoms with van der Waals surface area (Å²) in [6.07, 6.45) is 0. The number of likely N-dealkylation sites (N-methyl/N-ethyl adjacent to an activating group) is 1. The van der Waals surface area contributed by atoms with Crippen LogP contribution in [-0.2, 0) is 21.0 Å². The molecule has 9 heteroatoms. The Kier molecular flexibility index (Phi) is 7.77. The molecule has 8 nitrogen and oxygen atoms in total. The highest BCUT2D eigenvalue weighted by molar-refractivity contribution is 6.45. The summed E-state index contributed by atoms with van der Waals surface area (Å²) >= 11 is 6.10. The Morgan fingerprint density at radius 3 is 2.50 bits per heavy atom. The van der Waals surface area contributed by atoms with E-state index in [-0.39, 0.29) is 28.9 Å². The quantitative estimate of drug-likeness (QED) is 0.408. The second-order valence-electron chi connectivity index (χ2n) is 7.13. The third-order valence-corrected chi connectivity index (χ3v) is 3.99. The van der Waals surface area contributed by atoms with Gasteiger partial charge in [-0.25, -0.2) is 9.78 Å². The Bertz CT molecular complexity index is 954. The minimum absolute atomic E-state index is 0.0376. The second-order valence-corrected chi connectivity index (χ2v) is 7.54. The van der Waals surface area contributed by atoms with Crippen molar-refractivity contribution < 1.29 is 23.9 Å². The fourth-order valence-corrected chi connectivity index (χ4v) is 2.61. The highest BCUT2D eigenvalue weighted by Gasteiger charge is 2.22. The summed E-state index contributed by atoms with van der Waals surface area (Å²) in [5, 5.41) is 6.50. The Hall–Kier alpha value is -3.13. The molecule has 0 radical (unpaired) electrons. The highest BCUT2D eigenvalue weighted by Crippen LogP contribution is 2.22. The zero-order valence-corrected chi connectivity index (χ0v) is 18.2. The molecule has 0 aliphatic carbocycles. The van der Waals surface area contributed by atoms with Crippen LogP contribution in [0.1, 0.15) is 42.4 Å². The lowest BCUT2D eigenvalue weighted by Crippen LogP contribution is -2.29. The van der Waals surface area contributed by atoms with Crippen molar-refractivity contribution in [2.75, 3.05) is 14.2 Å². The van der Waals surface area contributed by atoms with Gasteiger partial charge in [-0.2, -0.15) is 0 Å². The van der Waals surface area contributed by atoms with Gasteiger partial charge in [-0.15, -0.1) is 0 Å². The van der Waals surface area contributed by atoms with Gasteiger partial charge in [-0.3, -0.25) is 4.79 Å². The van der Waals surface area contributed by atoms with E-state index in [1.165, 1.54) is 20.2 Å². The smallest absolute Gasteiger partial charge is 0.359 e. The van der Waals surface area contributed by atoms with E-state index in [4.69, 9.17) is 25.9 Å². The molecule has 1 heterocycles. The molecule has 0 saturated carbocycles. The van der Waals surface area contributed by atoms with Gasteiger partial charge in [-0.05, 0) is 32.4 Å². The van der Waals surface area contributed by atoms with Crippen LogP contribution in [0.2, 0.25) is 5.02 Å². The number of amides is 1. The first kappa shape index (κ1) is 23.2. The second kappa shape index (κ2) is 10.1. The summed E-state index contributed by atoms with van der Waals surface area (Å²) in [5.41, 5.74) is 0.601. The van der Waals surface area contributed by atoms with E-state index in [2.05, 4.69) is 15.5 Å². The molecular weight excluding hydrogens is 410 g/mol. The standard InChI is InChI=1S/C21H24ClN3O5/c1-21(2,3)30-20(27)18-15(22)10-11-16(24-18)29-12-13-8-6-7-9-14(13)17(25-28-5)19(26)23-4/h6-11H,12H2,1-5H3,(H,23,26). The van der Waals surface area contributed by atoms with Crippen LogP contribution in [0.3, 0.4) is 0 Å². The number of benzene rings is 1. The van der Waals surface area contributed by atoms with Crippen LogP contribution in [0.25, 0.3) is 0 Å². The molecule has 0 saturated heterocycles. The van der Waals surface area contributed by atoms with Crippen LogP contribution in [0.5, 0.6) is 5.88 Å². The van der Waals surface area contributed by atoms with Gasteiger partial charge in [-0.1, -0.05) is 41.0 Å². The van der Waals surface area contributed by atoms with Gasteiger partial charge in [0.05, 0.1) is 5.02 Å². The van der Waals surface area contributed by atoms with E-state index in [1.807, 2.05) is 0 Å². The molecule has 0 aliphatic heterocycles. The number of oxime groups is 1. The number of hydrogen-bond acceptors (Lipinski definition) is 7. The first-order chi connectivity index (χ1) is 14.2. The van der Waals surface area contributed by atoms with Crippen LogP contribution in [-0.4, -0.2) is 42.3 Å². The van der Waals surface area contributed by atoms with Crippen molar-refractivity contribution in [3.63, 3.8) is 0 Å². The Morgan fingerprint density at radius 2 is 1.87 bits per heavy atom. The van der Waals surface area contributed by atoms with Gasteiger partial charge < -0.3 is 19.6 Å². The fourth-order valence-electron chi connectivity index (χ4n) is 2.43. The molecule has 1 amide bonds. The maximum absolute atomic E-state index is 12.3. The summed E-state index contributed by atoms with van der Waals surface area (Å²) in [4.78, 5) is 33.5. The van der Waals surface area contributed by atoms with Crippen LogP contribution in [0, 0.1) is 0 Å². The van der Waals surface area contributed by atoms with Gasteiger partial charge in [0.15, 0.2) is 11.4 Å². The van der Waals surface area contributed by atoms with Crippen molar-refractivity contribution >= 4 is 29.2 Å². The molecule has 0 atom stereocenters. The monoisotopic (exact) mass is 433 g/mol. The molecule has 1 aromatic carbocycles. The molecule has 1 N–H and O–H groups in total. The van der Waals surface area contributed by atoms with E-state index in [0.717, 1.165) is 0 Å². The van der Waals surface area contributed by atoms with Gasteiger partial charge >= 0.3 is 5.97 Å². The van der Waals surface area contributed by atoms with E-state index < -0.39 is 17.5 Å². The van der Waals surface area contributed by atoms with Crippen molar-refractivity contribution in [1.29, 1.82) is 0 Å². The fraction of sp³-hybridized carbons (Fsp3) is 0.333. The van der Waals surface area contributed by atoms with E-state index >= 15 is 0 Å². The lowest BCUT2D eigenvalue weighted by atomic mass is 10.0. The zero-order chi connectivity index (χ0) is 22.3. The summed E-state index contributed by atoms with van der Waals surface area (Å²) < 4.78 is 11.1. The number of esters is 1. The number of nitrogens with zero attached hydrogens (tertiary/aromatic N) is 2. The Morgan fingerprint density at radius 1 is 1.17 bits per heavy atom. The number of aromatic nitrogens is 1. The average molecular weight is 434 g/mol. The normalized spacial score (nSPS) is 11.6. The number of nitrogens with one attached hydrogen (secondary N) is 1. The molecule has 2 rings (SSSR count). The largest absolute Gasteiger partial charge is 0.473 e. The van der Waals surface area contributed by atoms with E-state index in [1.54, 1.807) is 51.1 Å². The topological polar surface area (TPSA) is 99.1 Å². The molecule has 30 heavy (non-hydrogen) atoms. The SMILES string of the molecule is CNC(=O)C(=NOC)c1ccccc1COc1ccc(Cl)c(C(=O)OC(C)(C)C)n1. The van der Waals surface area contributed by atoms with Gasteiger partial charge in [0.1, 0.15) is 19.3 Å². The third kappa shape index (κ3) is 6.18. The highest BCUT2D eigenvalue weighted by atomic mass is 35.5. The predicted molar refractivity (Wildman–Crippen MR) is 113 cm³/mol. The van der Waals surface area contributed by atoms with Crippen molar-refractivity contribution in [3.05, 3.63) is 58.2 Å². The van der Waals surface area contributed by atoms with Gasteiger partial charge in [0.2, 0.25) is 5.88 Å². The third-order valence-electron chi connectivity index (χ3n) is 3.69. The molecule has 0 fully saturated rings. The summed E-state index contributed by atoms with van der Waals surface area (Å²) in [6, 6.07) is 10.1. The molecular formula is C21H24ClN3O5. The lowest BCUT2D eigenvalue weighted by molar-refractivity contribution is -0.114. The number of hydrogen-bond donors (Lipinski definition) is 1. The maximum atomic E-state index is 12.3. The summed E-state index contributed by atoms with van der Waals surface area (Å²) in [5.74, 6) is -0.867. The molecule has 0 aliphatic rings. The first-order valence-corrected chi connectivity index (χ1v) is 9.48. The average Bonchev–Trinajstić information content (AvgIpc) is 2.70. The van der Waals surface area contributed by atoms with Gasteiger partial charge in [0.25, 0.3) is 5.91 Å². The molecule has 1 aromatic heterocycles. The van der Waals surface area contributed by atoms with Crippen molar-refractivity contribution in [1.82, 2.24) is 10.3 Å². The van der Waals surface area contributed by atoms with Crippen molar-refractivity contribution in [2.24, 2.45) is 5.16 Å². The Labute approximate surface area is 180 Å². The number of halogens is 1. The van der Waals surface area contributed by atoms with Crippen LogP contribution in [0.15, 0.2) is 41.6 Å². The number of pyridine rings is 1. The van der Waals surface area contributed by atoms with Crippen molar-refractivity contribution in [2.45, 2.75) is 33.0 Å². The van der Waals surface area contributed by atoms with Crippen LogP contribution >= 0.6 is 11.6 Å². The lowest BCUT2D eigenvalue weighted by Gasteiger charge is -2.19. The first-order valence-electron chi connectivity index (χ1n) is 9.10. The molecule has 2 aromatic rings. The predicted octanol–water partition coefficient (Wildman–Crippen LogP) is 3.37. The minimum atomic E-state index is -0.686. The number of ether oxygens (including phenoxy) is 2. The van der Waals surface area contributed by atoms with Crippen molar-refractivity contribution in [3.8, 4) is 5.88 Å². The minimum Gasteiger partial charge on any atom is -0.473 e. The van der Waals surface area contributed by atoms with Crippen LogP contribution in [0.4, 0.5) is 0 Å². The number of rotatable bonds is 7.